The minimum Gasteiger partial charge on any atom is -0.270 e. The molecule has 2 heterocycles. The predicted octanol–water partition coefficient (Wildman–Crippen LogP) is 2.62. The van der Waals surface area contributed by atoms with Crippen LogP contribution >= 0.6 is 0 Å². The topological polar surface area (TPSA) is 96.0 Å². The summed E-state index contributed by atoms with van der Waals surface area (Å²) in [5, 5.41) is 17.3. The number of amides is 1. The van der Waals surface area contributed by atoms with Gasteiger partial charge in [-0.15, -0.1) is 0 Å². The lowest BCUT2D eigenvalue weighted by Crippen LogP contribution is -2.17. The van der Waals surface area contributed by atoms with Crippen molar-refractivity contribution in [3.8, 4) is 17.3 Å². The Morgan fingerprint density at radius 2 is 2.00 bits per heavy atom. The van der Waals surface area contributed by atoms with Crippen LogP contribution in [0.15, 0.2) is 66.2 Å². The number of benzene rings is 1. The molecule has 1 N–H and O–H groups in total. The smallest absolute Gasteiger partial charge is 0.270 e. The Balaban J connectivity index is 1.80. The second-order valence-corrected chi connectivity index (χ2v) is 5.41. The number of hydrazone groups is 1. The third kappa shape index (κ3) is 4.19. The maximum atomic E-state index is 12.0. The third-order valence-electron chi connectivity index (χ3n) is 3.60. The molecule has 0 radical (unpaired) electrons. The first-order valence-corrected chi connectivity index (χ1v) is 8.01. The fourth-order valence-corrected chi connectivity index (χ4v) is 2.36. The van der Waals surface area contributed by atoms with Crippen LogP contribution in [0.4, 0.5) is 0 Å². The third-order valence-corrected chi connectivity index (χ3v) is 3.60. The zero-order valence-corrected chi connectivity index (χ0v) is 13.9. The summed E-state index contributed by atoms with van der Waals surface area (Å²) in [6.07, 6.45) is 6.82. The number of aromatic nitrogens is 3. The number of carbonyl (C=O) groups is 1. The van der Waals surface area contributed by atoms with Gasteiger partial charge in [-0.25, -0.2) is 5.43 Å². The number of hydrogen-bond donors (Lipinski definition) is 1. The van der Waals surface area contributed by atoms with E-state index in [1.54, 1.807) is 35.4 Å². The van der Waals surface area contributed by atoms with E-state index in [1.165, 1.54) is 0 Å². The normalized spacial score (nSPS) is 10.6. The average Bonchev–Trinajstić information content (AvgIpc) is 3.10. The predicted molar refractivity (Wildman–Crippen MR) is 97.2 cm³/mol. The number of hydrogen-bond acceptors (Lipinski definition) is 5. The number of rotatable bonds is 6. The van der Waals surface area contributed by atoms with Crippen molar-refractivity contribution in [1.82, 2.24) is 20.2 Å². The highest BCUT2D eigenvalue weighted by Crippen LogP contribution is 2.20. The molecule has 0 aliphatic rings. The lowest BCUT2D eigenvalue weighted by Gasteiger charge is -1.99. The summed E-state index contributed by atoms with van der Waals surface area (Å²) < 4.78 is 1.71. The van der Waals surface area contributed by atoms with Crippen LogP contribution in [-0.4, -0.2) is 26.9 Å². The van der Waals surface area contributed by atoms with Crippen LogP contribution in [0.5, 0.6) is 0 Å². The number of aryl methyl sites for hydroxylation is 1. The summed E-state index contributed by atoms with van der Waals surface area (Å²) >= 11 is 0. The SMILES string of the molecule is N#CCCn1cc(/C=N\NC(=O)c2ccncc2)c(-c2ccccc2)n1. The minimum atomic E-state index is -0.318. The molecule has 0 unspecified atom stereocenters. The fourth-order valence-electron chi connectivity index (χ4n) is 2.36. The lowest BCUT2D eigenvalue weighted by atomic mass is 10.1. The van der Waals surface area contributed by atoms with Gasteiger partial charge in [0, 0.05) is 35.3 Å². The van der Waals surface area contributed by atoms with E-state index in [-0.39, 0.29) is 5.91 Å². The van der Waals surface area contributed by atoms with E-state index < -0.39 is 0 Å². The first kappa shape index (κ1) is 17.0. The first-order valence-electron chi connectivity index (χ1n) is 8.01. The molecule has 1 aromatic carbocycles. The second-order valence-electron chi connectivity index (χ2n) is 5.41. The van der Waals surface area contributed by atoms with Gasteiger partial charge in [-0.1, -0.05) is 30.3 Å². The van der Waals surface area contributed by atoms with Gasteiger partial charge in [-0.2, -0.15) is 15.5 Å². The van der Waals surface area contributed by atoms with E-state index in [1.807, 2.05) is 36.5 Å². The number of pyridine rings is 1. The largest absolute Gasteiger partial charge is 0.271 e. The van der Waals surface area contributed by atoms with Crippen LogP contribution in [0.25, 0.3) is 11.3 Å². The van der Waals surface area contributed by atoms with Crippen molar-refractivity contribution in [2.45, 2.75) is 13.0 Å². The summed E-state index contributed by atoms with van der Waals surface area (Å²) in [5.74, 6) is -0.318. The highest BCUT2D eigenvalue weighted by molar-refractivity contribution is 5.95. The van der Waals surface area contributed by atoms with E-state index in [0.29, 0.717) is 18.5 Å². The van der Waals surface area contributed by atoms with Crippen molar-refractivity contribution in [2.75, 3.05) is 0 Å². The Hall–Kier alpha value is -3.79. The van der Waals surface area contributed by atoms with Gasteiger partial charge in [-0.3, -0.25) is 14.5 Å². The molecule has 0 saturated carbocycles. The van der Waals surface area contributed by atoms with Crippen molar-refractivity contribution in [3.63, 3.8) is 0 Å². The lowest BCUT2D eigenvalue weighted by molar-refractivity contribution is 0.0955. The van der Waals surface area contributed by atoms with Crippen molar-refractivity contribution in [3.05, 3.63) is 72.2 Å². The molecule has 0 aliphatic carbocycles. The van der Waals surface area contributed by atoms with Gasteiger partial charge < -0.3 is 0 Å². The summed E-state index contributed by atoms with van der Waals surface area (Å²) in [6.45, 7) is 0.494. The monoisotopic (exact) mass is 344 g/mol. The Morgan fingerprint density at radius 1 is 1.23 bits per heavy atom. The molecule has 7 nitrogen and oxygen atoms in total. The van der Waals surface area contributed by atoms with Crippen LogP contribution in [0, 0.1) is 11.3 Å². The molecule has 0 spiro atoms. The fraction of sp³-hybridized carbons (Fsp3) is 0.105. The van der Waals surface area contributed by atoms with E-state index >= 15 is 0 Å². The molecular weight excluding hydrogens is 328 g/mol. The number of nitriles is 1. The number of nitrogens with zero attached hydrogens (tertiary/aromatic N) is 5. The number of nitrogens with one attached hydrogen (secondary N) is 1. The number of carbonyl (C=O) groups excluding carboxylic acids is 1. The Morgan fingerprint density at radius 3 is 2.73 bits per heavy atom. The quantitative estimate of drug-likeness (QED) is 0.549. The molecule has 128 valence electrons. The Labute approximate surface area is 150 Å². The van der Waals surface area contributed by atoms with Crippen LogP contribution in [-0.2, 0) is 6.54 Å². The molecule has 0 bridgehead atoms. The van der Waals surface area contributed by atoms with Crippen LogP contribution in [0.2, 0.25) is 0 Å². The van der Waals surface area contributed by atoms with Gasteiger partial charge in [0.05, 0.1) is 25.2 Å². The molecule has 7 heteroatoms. The zero-order valence-electron chi connectivity index (χ0n) is 13.9. The first-order chi connectivity index (χ1) is 12.8. The van der Waals surface area contributed by atoms with Crippen LogP contribution in [0.3, 0.4) is 0 Å². The van der Waals surface area contributed by atoms with Gasteiger partial charge in [0.15, 0.2) is 0 Å². The highest BCUT2D eigenvalue weighted by Gasteiger charge is 2.10. The van der Waals surface area contributed by atoms with Crippen molar-refractivity contribution < 1.29 is 4.79 Å². The minimum absolute atomic E-state index is 0.318. The molecule has 0 atom stereocenters. The van der Waals surface area contributed by atoms with Crippen LogP contribution in [0.1, 0.15) is 22.3 Å². The molecule has 26 heavy (non-hydrogen) atoms. The molecule has 0 saturated heterocycles. The highest BCUT2D eigenvalue weighted by atomic mass is 16.2. The van der Waals surface area contributed by atoms with Gasteiger partial charge >= 0.3 is 0 Å². The summed E-state index contributed by atoms with van der Waals surface area (Å²) in [4.78, 5) is 15.9. The van der Waals surface area contributed by atoms with E-state index in [2.05, 4.69) is 26.7 Å². The van der Waals surface area contributed by atoms with Crippen molar-refractivity contribution in [2.24, 2.45) is 5.10 Å². The maximum Gasteiger partial charge on any atom is 0.271 e. The molecular formula is C19H16N6O. The van der Waals surface area contributed by atoms with E-state index in [9.17, 15) is 4.79 Å². The Bertz CT molecular complexity index is 941. The summed E-state index contributed by atoms with van der Waals surface area (Å²) in [7, 11) is 0. The van der Waals surface area contributed by atoms with Crippen LogP contribution < -0.4 is 5.43 Å². The second kappa shape index (κ2) is 8.35. The molecule has 3 rings (SSSR count). The van der Waals surface area contributed by atoms with Gasteiger partial charge in [0.1, 0.15) is 5.69 Å². The molecule has 3 aromatic rings. The van der Waals surface area contributed by atoms with Gasteiger partial charge in [-0.05, 0) is 12.1 Å². The molecule has 1 amide bonds. The maximum absolute atomic E-state index is 12.0. The molecule has 0 aliphatic heterocycles. The van der Waals surface area contributed by atoms with Crippen molar-refractivity contribution in [1.29, 1.82) is 5.26 Å². The summed E-state index contributed by atoms with van der Waals surface area (Å²) in [5.41, 5.74) is 5.40. The van der Waals surface area contributed by atoms with Gasteiger partial charge in [0.2, 0.25) is 0 Å². The van der Waals surface area contributed by atoms with Crippen molar-refractivity contribution >= 4 is 12.1 Å². The van der Waals surface area contributed by atoms with E-state index in [0.717, 1.165) is 16.8 Å². The zero-order chi connectivity index (χ0) is 18.2. The molecule has 0 fully saturated rings. The summed E-state index contributed by atoms with van der Waals surface area (Å²) in [6, 6.07) is 15.0. The van der Waals surface area contributed by atoms with Gasteiger partial charge in [0.25, 0.3) is 5.91 Å². The molecule has 2 aromatic heterocycles. The standard InChI is InChI=1S/C19H16N6O/c20-9-4-12-25-14-17(18(24-25)15-5-2-1-3-6-15)13-22-23-19(26)16-7-10-21-11-8-16/h1-3,5-8,10-11,13-14H,4,12H2,(H,23,26)/b22-13-. The average molecular weight is 344 g/mol. The van der Waals surface area contributed by atoms with E-state index in [4.69, 9.17) is 5.26 Å². The Kier molecular flexibility index (Phi) is 5.47.